The molecule has 2 rings (SSSR count). The summed E-state index contributed by atoms with van der Waals surface area (Å²) >= 11 is 0. The van der Waals surface area contributed by atoms with Crippen molar-refractivity contribution in [3.63, 3.8) is 0 Å². The molecule has 0 aliphatic carbocycles. The Morgan fingerprint density at radius 3 is 2.60 bits per heavy atom. The number of ether oxygens (including phenoxy) is 1. The van der Waals surface area contributed by atoms with Crippen molar-refractivity contribution < 1.29 is 13.5 Å². The van der Waals surface area contributed by atoms with Crippen molar-refractivity contribution in [2.24, 2.45) is 10.9 Å². The van der Waals surface area contributed by atoms with Gasteiger partial charge in [-0.2, -0.15) is 8.78 Å². The first-order valence-electron chi connectivity index (χ1n) is 6.85. The van der Waals surface area contributed by atoms with Crippen molar-refractivity contribution in [1.29, 1.82) is 0 Å². The Bertz CT molecular complexity index is 535. The van der Waals surface area contributed by atoms with E-state index in [1.165, 1.54) is 11.6 Å². The minimum Gasteiger partial charge on any atom is -0.435 e. The predicted octanol–water partition coefficient (Wildman–Crippen LogP) is 4.45. The largest absolute Gasteiger partial charge is 0.435 e. The second kappa shape index (κ2) is 6.16. The van der Waals surface area contributed by atoms with Gasteiger partial charge in [0.1, 0.15) is 5.75 Å². The van der Waals surface area contributed by atoms with Crippen LogP contribution in [-0.4, -0.2) is 18.4 Å². The van der Waals surface area contributed by atoms with Gasteiger partial charge in [-0.3, -0.25) is 4.99 Å². The molecular formula is C16H19F2NO. The maximum absolute atomic E-state index is 12.2. The number of aliphatic imine (C=N–C) groups is 1. The summed E-state index contributed by atoms with van der Waals surface area (Å²) < 4.78 is 28.9. The van der Waals surface area contributed by atoms with Gasteiger partial charge >= 0.3 is 6.61 Å². The fourth-order valence-electron chi connectivity index (χ4n) is 2.40. The van der Waals surface area contributed by atoms with Crippen LogP contribution in [-0.2, 0) is 0 Å². The number of benzene rings is 1. The average Bonchev–Trinajstić information content (AvgIpc) is 2.82. The summed E-state index contributed by atoms with van der Waals surface area (Å²) in [6.07, 6.45) is 3.01. The second-order valence-corrected chi connectivity index (χ2v) is 5.14. The van der Waals surface area contributed by atoms with E-state index in [4.69, 9.17) is 0 Å². The molecule has 0 bridgehead atoms. The number of halogens is 2. The second-order valence-electron chi connectivity index (χ2n) is 5.14. The minimum atomic E-state index is -2.80. The van der Waals surface area contributed by atoms with Crippen LogP contribution in [0.15, 0.2) is 40.9 Å². The maximum Gasteiger partial charge on any atom is 0.387 e. The molecule has 4 heteroatoms. The molecule has 0 fully saturated rings. The standard InChI is InChI=1S/C16H19F2NO/c1-4-14-13(10(2)3)9-15(19-14)11-6-5-7-12(8-11)20-16(17)18/h5-10,14,16H,4H2,1-3H3. The fourth-order valence-corrected chi connectivity index (χ4v) is 2.40. The third-order valence-corrected chi connectivity index (χ3v) is 3.39. The molecule has 1 heterocycles. The summed E-state index contributed by atoms with van der Waals surface area (Å²) in [6.45, 7) is 3.58. The number of hydrogen-bond donors (Lipinski definition) is 0. The highest BCUT2D eigenvalue weighted by Crippen LogP contribution is 2.28. The molecule has 0 N–H and O–H groups in total. The van der Waals surface area contributed by atoms with Crippen LogP contribution in [0.25, 0.3) is 0 Å². The molecule has 1 aliphatic rings. The lowest BCUT2D eigenvalue weighted by Crippen LogP contribution is -2.08. The quantitative estimate of drug-likeness (QED) is 0.780. The summed E-state index contributed by atoms with van der Waals surface area (Å²) in [7, 11) is 0. The smallest absolute Gasteiger partial charge is 0.387 e. The molecule has 0 saturated carbocycles. The van der Waals surface area contributed by atoms with Crippen molar-refractivity contribution in [3.8, 4) is 5.75 Å². The van der Waals surface area contributed by atoms with E-state index < -0.39 is 6.61 Å². The lowest BCUT2D eigenvalue weighted by atomic mass is 9.95. The molecule has 1 aliphatic heterocycles. The van der Waals surface area contributed by atoms with Crippen molar-refractivity contribution in [2.45, 2.75) is 39.8 Å². The van der Waals surface area contributed by atoms with Crippen LogP contribution in [0.5, 0.6) is 5.75 Å². The van der Waals surface area contributed by atoms with E-state index in [9.17, 15) is 8.78 Å². The zero-order valence-corrected chi connectivity index (χ0v) is 11.9. The SMILES string of the molecule is CCC1N=C(c2cccc(OC(F)F)c2)C=C1C(C)C. The first-order chi connectivity index (χ1) is 9.51. The predicted molar refractivity (Wildman–Crippen MR) is 76.6 cm³/mol. The third kappa shape index (κ3) is 3.24. The Morgan fingerprint density at radius 1 is 1.30 bits per heavy atom. The Labute approximate surface area is 118 Å². The summed E-state index contributed by atoms with van der Waals surface area (Å²) in [5, 5.41) is 0. The topological polar surface area (TPSA) is 21.6 Å². The van der Waals surface area contributed by atoms with Crippen molar-refractivity contribution >= 4 is 5.71 Å². The van der Waals surface area contributed by atoms with E-state index >= 15 is 0 Å². The molecule has 1 unspecified atom stereocenters. The molecule has 108 valence electrons. The van der Waals surface area contributed by atoms with Crippen molar-refractivity contribution in [3.05, 3.63) is 41.5 Å². The lowest BCUT2D eigenvalue weighted by molar-refractivity contribution is -0.0498. The van der Waals surface area contributed by atoms with Gasteiger partial charge in [-0.05, 0) is 36.1 Å². The molecule has 0 aromatic heterocycles. The van der Waals surface area contributed by atoms with Crippen LogP contribution >= 0.6 is 0 Å². The average molecular weight is 279 g/mol. The molecule has 0 spiro atoms. The van der Waals surface area contributed by atoms with Crippen LogP contribution in [0.4, 0.5) is 8.78 Å². The number of rotatable bonds is 5. The van der Waals surface area contributed by atoms with Gasteiger partial charge in [0.25, 0.3) is 0 Å². The number of alkyl halides is 2. The van der Waals surface area contributed by atoms with Crippen LogP contribution in [0.2, 0.25) is 0 Å². The molecule has 1 atom stereocenters. The van der Waals surface area contributed by atoms with E-state index in [-0.39, 0.29) is 11.8 Å². The molecule has 1 aromatic carbocycles. The zero-order chi connectivity index (χ0) is 14.7. The highest BCUT2D eigenvalue weighted by atomic mass is 19.3. The zero-order valence-electron chi connectivity index (χ0n) is 11.9. The Kier molecular flexibility index (Phi) is 4.53. The summed E-state index contributed by atoms with van der Waals surface area (Å²) in [5.74, 6) is 0.598. The van der Waals surface area contributed by atoms with E-state index in [1.807, 2.05) is 6.07 Å². The van der Waals surface area contributed by atoms with Gasteiger partial charge in [0.05, 0.1) is 11.8 Å². The van der Waals surface area contributed by atoms with Gasteiger partial charge < -0.3 is 4.74 Å². The van der Waals surface area contributed by atoms with Crippen LogP contribution in [0.1, 0.15) is 32.8 Å². The number of hydrogen-bond acceptors (Lipinski definition) is 2. The third-order valence-electron chi connectivity index (χ3n) is 3.39. The molecule has 2 nitrogen and oxygen atoms in total. The van der Waals surface area contributed by atoms with Gasteiger partial charge in [0.15, 0.2) is 0 Å². The normalized spacial score (nSPS) is 18.4. The van der Waals surface area contributed by atoms with E-state index in [0.717, 1.165) is 17.7 Å². The Balaban J connectivity index is 2.28. The molecular weight excluding hydrogens is 260 g/mol. The highest BCUT2D eigenvalue weighted by molar-refractivity contribution is 6.11. The van der Waals surface area contributed by atoms with Gasteiger partial charge in [0, 0.05) is 5.56 Å². The fraction of sp³-hybridized carbons (Fsp3) is 0.438. The monoisotopic (exact) mass is 279 g/mol. The maximum atomic E-state index is 12.2. The highest BCUT2D eigenvalue weighted by Gasteiger charge is 2.22. The number of nitrogens with zero attached hydrogens (tertiary/aromatic N) is 1. The van der Waals surface area contributed by atoms with Gasteiger partial charge in [0.2, 0.25) is 0 Å². The van der Waals surface area contributed by atoms with Gasteiger partial charge in [-0.25, -0.2) is 0 Å². The van der Waals surface area contributed by atoms with E-state index in [0.29, 0.717) is 5.92 Å². The molecule has 20 heavy (non-hydrogen) atoms. The molecule has 1 aromatic rings. The summed E-state index contributed by atoms with van der Waals surface area (Å²) in [6, 6.07) is 6.90. The number of allylic oxidation sites excluding steroid dienone is 1. The molecule has 0 saturated heterocycles. The first kappa shape index (κ1) is 14.7. The van der Waals surface area contributed by atoms with Gasteiger partial charge in [-0.15, -0.1) is 0 Å². The van der Waals surface area contributed by atoms with E-state index in [2.05, 4.69) is 36.6 Å². The van der Waals surface area contributed by atoms with Gasteiger partial charge in [-0.1, -0.05) is 32.9 Å². The first-order valence-corrected chi connectivity index (χ1v) is 6.85. The van der Waals surface area contributed by atoms with Crippen molar-refractivity contribution in [1.82, 2.24) is 0 Å². The van der Waals surface area contributed by atoms with Crippen LogP contribution in [0, 0.1) is 5.92 Å². The summed E-state index contributed by atoms with van der Waals surface area (Å²) in [5.41, 5.74) is 2.96. The van der Waals surface area contributed by atoms with Crippen LogP contribution < -0.4 is 4.74 Å². The van der Waals surface area contributed by atoms with Crippen LogP contribution in [0.3, 0.4) is 0 Å². The molecule has 0 radical (unpaired) electrons. The van der Waals surface area contributed by atoms with Crippen molar-refractivity contribution in [2.75, 3.05) is 0 Å². The Hall–Kier alpha value is -1.71. The summed E-state index contributed by atoms with van der Waals surface area (Å²) in [4.78, 5) is 4.68. The Morgan fingerprint density at radius 2 is 2.05 bits per heavy atom. The molecule has 0 amide bonds. The minimum absolute atomic E-state index is 0.166. The lowest BCUT2D eigenvalue weighted by Gasteiger charge is -2.13. The van der Waals surface area contributed by atoms with E-state index in [1.54, 1.807) is 12.1 Å².